The molecule has 0 bridgehead atoms. The summed E-state index contributed by atoms with van der Waals surface area (Å²) in [6, 6.07) is 0.513. The lowest BCUT2D eigenvalue weighted by Gasteiger charge is -2.29. The second kappa shape index (κ2) is 5.00. The van der Waals surface area contributed by atoms with Crippen molar-refractivity contribution < 1.29 is 4.79 Å². The van der Waals surface area contributed by atoms with Crippen LogP contribution in [0.4, 0.5) is 5.82 Å². The van der Waals surface area contributed by atoms with E-state index >= 15 is 0 Å². The van der Waals surface area contributed by atoms with Crippen molar-refractivity contribution in [3.8, 4) is 0 Å². The van der Waals surface area contributed by atoms with E-state index in [2.05, 4.69) is 29.6 Å². The molecular weight excluding hydrogens is 228 g/mol. The summed E-state index contributed by atoms with van der Waals surface area (Å²) in [6.45, 7) is 9.19. The second-order valence-corrected chi connectivity index (χ2v) is 5.51. The Labute approximate surface area is 108 Å². The average Bonchev–Trinajstić information content (AvgIpc) is 2.70. The molecule has 0 saturated carbocycles. The molecule has 1 aromatic rings. The van der Waals surface area contributed by atoms with Gasteiger partial charge in [0.25, 0.3) is 5.91 Å². The quantitative estimate of drug-likeness (QED) is 0.863. The Bertz CT molecular complexity index is 436. The predicted molar refractivity (Wildman–Crippen MR) is 71.8 cm³/mol. The van der Waals surface area contributed by atoms with E-state index in [4.69, 9.17) is 0 Å². The Morgan fingerprint density at radius 1 is 1.50 bits per heavy atom. The molecule has 100 valence electrons. The first-order chi connectivity index (χ1) is 8.50. The summed E-state index contributed by atoms with van der Waals surface area (Å²) in [5.41, 5.74) is 0.647. The van der Waals surface area contributed by atoms with E-state index in [0.717, 1.165) is 18.8 Å². The number of nitrogens with zero attached hydrogens (tertiary/aromatic N) is 2. The van der Waals surface area contributed by atoms with Crippen LogP contribution in [0.15, 0.2) is 6.20 Å². The van der Waals surface area contributed by atoms with Crippen molar-refractivity contribution in [2.24, 2.45) is 5.92 Å². The molecule has 5 heteroatoms. The van der Waals surface area contributed by atoms with E-state index < -0.39 is 0 Å². The van der Waals surface area contributed by atoms with Gasteiger partial charge in [0, 0.05) is 12.6 Å². The monoisotopic (exact) mass is 250 g/mol. The van der Waals surface area contributed by atoms with Gasteiger partial charge in [0.15, 0.2) is 0 Å². The van der Waals surface area contributed by atoms with Crippen LogP contribution >= 0.6 is 0 Å². The van der Waals surface area contributed by atoms with E-state index in [1.165, 1.54) is 0 Å². The van der Waals surface area contributed by atoms with Gasteiger partial charge in [0.05, 0.1) is 12.2 Å². The van der Waals surface area contributed by atoms with Crippen molar-refractivity contribution in [3.05, 3.63) is 11.8 Å². The van der Waals surface area contributed by atoms with Gasteiger partial charge in [-0.15, -0.1) is 0 Å². The molecule has 1 unspecified atom stereocenters. The fourth-order valence-corrected chi connectivity index (χ4v) is 2.37. The summed E-state index contributed by atoms with van der Waals surface area (Å²) < 4.78 is 1.96. The molecule has 5 nitrogen and oxygen atoms in total. The first kappa shape index (κ1) is 12.9. The third-order valence-electron chi connectivity index (χ3n) is 3.28. The van der Waals surface area contributed by atoms with Crippen molar-refractivity contribution in [1.82, 2.24) is 15.1 Å². The summed E-state index contributed by atoms with van der Waals surface area (Å²) in [7, 11) is 0. The smallest absolute Gasteiger partial charge is 0.256 e. The van der Waals surface area contributed by atoms with Crippen LogP contribution in [0.25, 0.3) is 0 Å². The SMILES string of the molecule is CC(C)NC(=O)c1cnn2c1NCCC2C(C)C. The van der Waals surface area contributed by atoms with E-state index in [-0.39, 0.29) is 11.9 Å². The van der Waals surface area contributed by atoms with Gasteiger partial charge in [-0.05, 0) is 26.2 Å². The molecule has 1 aliphatic heterocycles. The molecule has 1 atom stereocenters. The fraction of sp³-hybridized carbons (Fsp3) is 0.692. The molecule has 0 saturated heterocycles. The lowest BCUT2D eigenvalue weighted by molar-refractivity contribution is 0.0943. The highest BCUT2D eigenvalue weighted by Crippen LogP contribution is 2.31. The van der Waals surface area contributed by atoms with E-state index in [1.54, 1.807) is 6.20 Å². The standard InChI is InChI=1S/C13H22N4O/c1-8(2)11-5-6-14-12-10(7-15-17(11)12)13(18)16-9(3)4/h7-9,11,14H,5-6H2,1-4H3,(H,16,18). The third kappa shape index (κ3) is 2.35. The number of aromatic nitrogens is 2. The molecule has 2 rings (SSSR count). The number of fused-ring (bicyclic) bond motifs is 1. The number of nitrogens with one attached hydrogen (secondary N) is 2. The highest BCUT2D eigenvalue weighted by molar-refractivity contribution is 5.98. The molecule has 2 N–H and O–H groups in total. The minimum atomic E-state index is -0.0526. The van der Waals surface area contributed by atoms with Crippen LogP contribution in [0.3, 0.4) is 0 Å². The van der Waals surface area contributed by atoms with E-state index in [1.807, 2.05) is 18.5 Å². The minimum absolute atomic E-state index is 0.0526. The van der Waals surface area contributed by atoms with Crippen molar-refractivity contribution in [1.29, 1.82) is 0 Å². The van der Waals surface area contributed by atoms with Gasteiger partial charge in [-0.3, -0.25) is 4.79 Å². The molecule has 2 heterocycles. The molecule has 18 heavy (non-hydrogen) atoms. The molecule has 0 aliphatic carbocycles. The Kier molecular flexibility index (Phi) is 3.59. The summed E-state index contributed by atoms with van der Waals surface area (Å²) in [4.78, 5) is 12.1. The number of anilines is 1. The number of carbonyl (C=O) groups is 1. The summed E-state index contributed by atoms with van der Waals surface area (Å²) in [5, 5.41) is 10.6. The zero-order valence-corrected chi connectivity index (χ0v) is 11.5. The Hall–Kier alpha value is -1.52. The topological polar surface area (TPSA) is 59.0 Å². The van der Waals surface area contributed by atoms with Gasteiger partial charge in [0.2, 0.25) is 0 Å². The van der Waals surface area contributed by atoms with Crippen LogP contribution < -0.4 is 10.6 Å². The van der Waals surface area contributed by atoms with E-state index in [0.29, 0.717) is 17.5 Å². The Morgan fingerprint density at radius 3 is 2.83 bits per heavy atom. The van der Waals surface area contributed by atoms with Crippen molar-refractivity contribution >= 4 is 11.7 Å². The van der Waals surface area contributed by atoms with Gasteiger partial charge in [0.1, 0.15) is 11.4 Å². The second-order valence-electron chi connectivity index (χ2n) is 5.51. The Morgan fingerprint density at radius 2 is 2.22 bits per heavy atom. The largest absolute Gasteiger partial charge is 0.370 e. The van der Waals surface area contributed by atoms with Crippen LogP contribution in [0, 0.1) is 5.92 Å². The van der Waals surface area contributed by atoms with Crippen LogP contribution in [-0.2, 0) is 0 Å². The number of rotatable bonds is 3. The van der Waals surface area contributed by atoms with Crippen LogP contribution in [-0.4, -0.2) is 28.3 Å². The molecule has 0 radical (unpaired) electrons. The maximum absolute atomic E-state index is 12.1. The first-order valence-corrected chi connectivity index (χ1v) is 6.63. The van der Waals surface area contributed by atoms with Gasteiger partial charge >= 0.3 is 0 Å². The van der Waals surface area contributed by atoms with Gasteiger partial charge in [-0.2, -0.15) is 5.10 Å². The molecule has 0 aromatic carbocycles. The van der Waals surface area contributed by atoms with E-state index in [9.17, 15) is 4.79 Å². The molecule has 0 fully saturated rings. The van der Waals surface area contributed by atoms with Gasteiger partial charge in [-0.25, -0.2) is 4.68 Å². The lowest BCUT2D eigenvalue weighted by atomic mass is 9.99. The summed E-state index contributed by atoms with van der Waals surface area (Å²) >= 11 is 0. The highest BCUT2D eigenvalue weighted by Gasteiger charge is 2.27. The van der Waals surface area contributed by atoms with Crippen molar-refractivity contribution in [2.75, 3.05) is 11.9 Å². The van der Waals surface area contributed by atoms with Crippen LogP contribution in [0.5, 0.6) is 0 Å². The predicted octanol–water partition coefficient (Wildman–Crippen LogP) is 2.03. The lowest BCUT2D eigenvalue weighted by Crippen LogP contribution is -2.32. The van der Waals surface area contributed by atoms with Crippen LogP contribution in [0.2, 0.25) is 0 Å². The molecule has 1 aliphatic rings. The zero-order chi connectivity index (χ0) is 13.3. The normalized spacial score (nSPS) is 18.7. The van der Waals surface area contributed by atoms with Gasteiger partial charge < -0.3 is 10.6 Å². The molecule has 1 aromatic heterocycles. The zero-order valence-electron chi connectivity index (χ0n) is 11.5. The number of hydrogen-bond acceptors (Lipinski definition) is 3. The summed E-state index contributed by atoms with van der Waals surface area (Å²) in [5.74, 6) is 1.33. The van der Waals surface area contributed by atoms with Gasteiger partial charge in [-0.1, -0.05) is 13.8 Å². The fourth-order valence-electron chi connectivity index (χ4n) is 2.37. The molecule has 0 spiro atoms. The highest BCUT2D eigenvalue weighted by atomic mass is 16.1. The maximum atomic E-state index is 12.1. The van der Waals surface area contributed by atoms with Crippen molar-refractivity contribution in [2.45, 2.75) is 46.2 Å². The first-order valence-electron chi connectivity index (χ1n) is 6.63. The number of amides is 1. The number of carbonyl (C=O) groups excluding carboxylic acids is 1. The molecule has 1 amide bonds. The minimum Gasteiger partial charge on any atom is -0.370 e. The average molecular weight is 250 g/mol. The van der Waals surface area contributed by atoms with Crippen LogP contribution in [0.1, 0.15) is 50.5 Å². The summed E-state index contributed by atoms with van der Waals surface area (Å²) in [6.07, 6.45) is 2.72. The Balaban J connectivity index is 2.28. The number of hydrogen-bond donors (Lipinski definition) is 2. The molecular formula is C13H22N4O. The third-order valence-corrected chi connectivity index (χ3v) is 3.28. The van der Waals surface area contributed by atoms with Crippen molar-refractivity contribution in [3.63, 3.8) is 0 Å². The maximum Gasteiger partial charge on any atom is 0.256 e.